The number of carboxylic acid groups (broad SMARTS) is 1. The molecule has 1 saturated heterocycles. The van der Waals surface area contributed by atoms with Crippen molar-refractivity contribution in [2.24, 2.45) is 4.99 Å². The van der Waals surface area contributed by atoms with Gasteiger partial charge in [0, 0.05) is 13.1 Å². The molecule has 0 atom stereocenters. The van der Waals surface area contributed by atoms with Gasteiger partial charge in [0.2, 0.25) is 0 Å². The van der Waals surface area contributed by atoms with Crippen molar-refractivity contribution in [2.45, 2.75) is 6.92 Å². The number of nitrogens with zero attached hydrogens (tertiary/aromatic N) is 2. The quantitative estimate of drug-likeness (QED) is 0.799. The Bertz CT molecular complexity index is 882. The number of furan rings is 1. The van der Waals surface area contributed by atoms with Gasteiger partial charge in [-0.15, -0.1) is 0 Å². The molecule has 6 nitrogen and oxygen atoms in total. The van der Waals surface area contributed by atoms with Crippen LogP contribution in [0.5, 0.6) is 0 Å². The first-order valence-corrected chi connectivity index (χ1v) is 7.90. The number of carbonyl (C=O) groups is 2. The third-order valence-corrected chi connectivity index (χ3v) is 4.40. The predicted octanol–water partition coefficient (Wildman–Crippen LogP) is 2.19. The second-order valence-corrected chi connectivity index (χ2v) is 6.16. The van der Waals surface area contributed by atoms with Crippen LogP contribution in [0, 0.1) is 6.92 Å². The Morgan fingerprint density at radius 3 is 2.79 bits per heavy atom. The number of aromatic carboxylic acids is 1. The molecule has 0 aliphatic carbocycles. The average Bonchev–Trinajstić information content (AvgIpc) is 3.07. The summed E-state index contributed by atoms with van der Waals surface area (Å²) in [6, 6.07) is 9.68. The number of aryl methyl sites for hydroxylation is 1. The first-order chi connectivity index (χ1) is 11.4. The summed E-state index contributed by atoms with van der Waals surface area (Å²) in [5, 5.41) is 11.4. The molecule has 0 bridgehead atoms. The summed E-state index contributed by atoms with van der Waals surface area (Å²) in [6.07, 6.45) is 1.66. The maximum Gasteiger partial charge on any atom is 0.266 e. The number of hydrogen-bond acceptors (Lipinski definition) is 6. The van der Waals surface area contributed by atoms with Crippen molar-refractivity contribution in [1.82, 2.24) is 4.90 Å². The van der Waals surface area contributed by atoms with E-state index in [1.165, 1.54) is 28.8 Å². The molecule has 7 heteroatoms. The lowest BCUT2D eigenvalue weighted by Crippen LogP contribution is -2.23. The average molecular weight is 341 g/mol. The van der Waals surface area contributed by atoms with Crippen LogP contribution in [0.1, 0.15) is 21.9 Å². The molecule has 2 aromatic rings. The van der Waals surface area contributed by atoms with Crippen molar-refractivity contribution in [3.05, 3.63) is 58.4 Å². The lowest BCUT2D eigenvalue weighted by atomic mass is 10.2. The van der Waals surface area contributed by atoms with Gasteiger partial charge in [-0.3, -0.25) is 9.69 Å². The van der Waals surface area contributed by atoms with Crippen LogP contribution in [0.2, 0.25) is 0 Å². The molecule has 1 aromatic carbocycles. The molecule has 0 unspecified atom stereocenters. The Labute approximate surface area is 142 Å². The molecular weight excluding hydrogens is 328 g/mol. The Hall–Kier alpha value is -2.80. The maximum absolute atomic E-state index is 12.3. The van der Waals surface area contributed by atoms with E-state index < -0.39 is 5.97 Å². The van der Waals surface area contributed by atoms with E-state index in [2.05, 4.69) is 4.99 Å². The largest absolute Gasteiger partial charge is 0.545 e. The molecule has 1 amide bonds. The zero-order chi connectivity index (χ0) is 17.3. The Balaban J connectivity index is 1.90. The third-order valence-electron chi connectivity index (χ3n) is 3.34. The molecule has 0 saturated carbocycles. The predicted molar refractivity (Wildman–Crippen MR) is 89.7 cm³/mol. The molecule has 1 fully saturated rings. The van der Waals surface area contributed by atoms with E-state index in [9.17, 15) is 14.7 Å². The number of rotatable bonds is 3. The topological polar surface area (TPSA) is 85.9 Å². The number of carboxylic acids is 1. The van der Waals surface area contributed by atoms with Crippen molar-refractivity contribution < 1.29 is 19.1 Å². The number of amidine groups is 1. The van der Waals surface area contributed by atoms with Crippen molar-refractivity contribution in [3.63, 3.8) is 0 Å². The summed E-state index contributed by atoms with van der Waals surface area (Å²) in [4.78, 5) is 29.5. The molecule has 0 N–H and O–H groups in total. The van der Waals surface area contributed by atoms with E-state index >= 15 is 0 Å². The SMILES string of the molecule is Cc1ccc(/C=C2\SC(=Nc3cccc(C(=O)[O-])c3)N(C)C2=O)o1. The summed E-state index contributed by atoms with van der Waals surface area (Å²) < 4.78 is 5.45. The Morgan fingerprint density at radius 1 is 1.33 bits per heavy atom. The van der Waals surface area contributed by atoms with Crippen LogP contribution in [0.4, 0.5) is 5.69 Å². The smallest absolute Gasteiger partial charge is 0.266 e. The maximum atomic E-state index is 12.3. The van der Waals surface area contributed by atoms with E-state index in [4.69, 9.17) is 4.42 Å². The highest BCUT2D eigenvalue weighted by Gasteiger charge is 2.30. The van der Waals surface area contributed by atoms with Gasteiger partial charge in [-0.05, 0) is 48.5 Å². The second-order valence-electron chi connectivity index (χ2n) is 5.16. The number of likely N-dealkylation sites (N-methyl/N-ethyl adjacent to an activating group) is 1. The van der Waals surface area contributed by atoms with E-state index in [-0.39, 0.29) is 11.5 Å². The van der Waals surface area contributed by atoms with E-state index in [0.717, 1.165) is 5.76 Å². The number of hydrogen-bond donors (Lipinski definition) is 0. The van der Waals surface area contributed by atoms with Gasteiger partial charge in [0.1, 0.15) is 11.5 Å². The monoisotopic (exact) mass is 341 g/mol. The molecule has 122 valence electrons. The van der Waals surface area contributed by atoms with Gasteiger partial charge in [0.05, 0.1) is 16.6 Å². The van der Waals surface area contributed by atoms with Crippen molar-refractivity contribution in [3.8, 4) is 0 Å². The van der Waals surface area contributed by atoms with Gasteiger partial charge >= 0.3 is 0 Å². The summed E-state index contributed by atoms with van der Waals surface area (Å²) in [5.41, 5.74) is 0.476. The second kappa shape index (κ2) is 6.37. The zero-order valence-electron chi connectivity index (χ0n) is 13.0. The van der Waals surface area contributed by atoms with Gasteiger partial charge in [-0.25, -0.2) is 4.99 Å². The van der Waals surface area contributed by atoms with Crippen LogP contribution < -0.4 is 5.11 Å². The summed E-state index contributed by atoms with van der Waals surface area (Å²) in [6.45, 7) is 1.83. The van der Waals surface area contributed by atoms with Crippen molar-refractivity contribution >= 4 is 40.6 Å². The van der Waals surface area contributed by atoms with Crippen LogP contribution in [0.15, 0.2) is 50.7 Å². The van der Waals surface area contributed by atoms with Gasteiger partial charge in [-0.2, -0.15) is 0 Å². The summed E-state index contributed by atoms with van der Waals surface area (Å²) >= 11 is 1.20. The molecule has 24 heavy (non-hydrogen) atoms. The summed E-state index contributed by atoms with van der Waals surface area (Å²) in [7, 11) is 1.62. The van der Waals surface area contributed by atoms with E-state index in [1.54, 1.807) is 31.3 Å². The van der Waals surface area contributed by atoms with Crippen molar-refractivity contribution in [2.75, 3.05) is 7.05 Å². The minimum absolute atomic E-state index is 0.0376. The molecule has 0 radical (unpaired) electrons. The molecule has 3 rings (SSSR count). The normalized spacial score (nSPS) is 17.9. The van der Waals surface area contributed by atoms with Crippen molar-refractivity contribution in [1.29, 1.82) is 0 Å². The molecule has 1 aromatic heterocycles. The number of thioether (sulfide) groups is 1. The van der Waals surface area contributed by atoms with Crippen LogP contribution in [-0.4, -0.2) is 29.0 Å². The number of carbonyl (C=O) groups excluding carboxylic acids is 2. The lowest BCUT2D eigenvalue weighted by molar-refractivity contribution is -0.255. The van der Waals surface area contributed by atoms with Crippen LogP contribution in [-0.2, 0) is 4.79 Å². The standard InChI is InChI=1S/C17H14N2O4S/c1-10-6-7-13(23-10)9-14-15(20)19(2)17(24-14)18-12-5-3-4-11(8-12)16(21)22/h3-9H,1-2H3,(H,21,22)/p-1/b14-9-,18-17?. The fourth-order valence-electron chi connectivity index (χ4n) is 2.12. The van der Waals surface area contributed by atoms with Gasteiger partial charge in [0.25, 0.3) is 5.91 Å². The number of aliphatic imine (C=N–C) groups is 1. The van der Waals surface area contributed by atoms with Gasteiger partial charge in [0.15, 0.2) is 5.17 Å². The fourth-order valence-corrected chi connectivity index (χ4v) is 3.09. The van der Waals surface area contributed by atoms with Gasteiger partial charge in [-0.1, -0.05) is 12.1 Å². The first kappa shape index (κ1) is 16.1. The Kier molecular flexibility index (Phi) is 4.26. The molecule has 1 aliphatic rings. The number of benzene rings is 1. The van der Waals surface area contributed by atoms with Crippen LogP contribution in [0.25, 0.3) is 6.08 Å². The lowest BCUT2D eigenvalue weighted by Gasteiger charge is -2.08. The Morgan fingerprint density at radius 2 is 2.12 bits per heavy atom. The minimum atomic E-state index is -1.27. The minimum Gasteiger partial charge on any atom is -0.545 e. The highest BCUT2D eigenvalue weighted by molar-refractivity contribution is 8.18. The molecule has 2 heterocycles. The molecule has 0 spiro atoms. The van der Waals surface area contributed by atoms with E-state index in [0.29, 0.717) is 21.5 Å². The highest BCUT2D eigenvalue weighted by Crippen LogP contribution is 2.33. The van der Waals surface area contributed by atoms with Gasteiger partial charge < -0.3 is 14.3 Å². The zero-order valence-corrected chi connectivity index (χ0v) is 13.8. The molecule has 1 aliphatic heterocycles. The van der Waals surface area contributed by atoms with Crippen LogP contribution >= 0.6 is 11.8 Å². The third kappa shape index (κ3) is 3.26. The fraction of sp³-hybridized carbons (Fsp3) is 0.118. The first-order valence-electron chi connectivity index (χ1n) is 7.08. The molecular formula is C17H13N2O4S-. The highest BCUT2D eigenvalue weighted by atomic mass is 32.2. The van der Waals surface area contributed by atoms with Crippen LogP contribution in [0.3, 0.4) is 0 Å². The number of amides is 1. The van der Waals surface area contributed by atoms with E-state index in [1.807, 2.05) is 13.0 Å². The summed E-state index contributed by atoms with van der Waals surface area (Å²) in [5.74, 6) is -0.103.